The van der Waals surface area contributed by atoms with Gasteiger partial charge in [-0.05, 0) is 12.5 Å². The monoisotopic (exact) mass is 322 g/mol. The number of aliphatic hydroxyl groups excluding tert-OH is 1. The highest BCUT2D eigenvalue weighted by Crippen LogP contribution is 2.32. The first-order valence-electron chi connectivity index (χ1n) is 6.76. The number of fused-ring (bicyclic) bond motifs is 2. The summed E-state index contributed by atoms with van der Waals surface area (Å²) in [4.78, 5) is 25.8. The largest absolute Gasteiger partial charge is 0.373 e. The van der Waals surface area contributed by atoms with Gasteiger partial charge in [-0.3, -0.25) is 4.79 Å². The number of nitrogens with zero attached hydrogens (tertiary/aromatic N) is 6. The molecule has 1 aliphatic heterocycles. The minimum Gasteiger partial charge on any atom is -0.373 e. The molecule has 3 rings (SSSR count). The number of ether oxygens (including phenoxy) is 1. The van der Waals surface area contributed by atoms with Gasteiger partial charge in [0.05, 0.1) is 12.9 Å². The van der Waals surface area contributed by atoms with Crippen LogP contribution >= 0.6 is 0 Å². The van der Waals surface area contributed by atoms with Crippen LogP contribution in [0.3, 0.4) is 0 Å². The first-order valence-corrected chi connectivity index (χ1v) is 6.76. The molecular formula is C11H14N8O4. The number of rotatable bonds is 5. The molecule has 3 unspecified atom stereocenters. The molecule has 122 valence electrons. The fourth-order valence-corrected chi connectivity index (χ4v) is 2.51. The molecule has 2 aromatic rings. The number of H-pyrrole nitrogens is 1. The first-order chi connectivity index (χ1) is 11.0. The van der Waals surface area contributed by atoms with E-state index in [0.717, 1.165) is 4.57 Å². The maximum Gasteiger partial charge on any atom is 0.285 e. The summed E-state index contributed by atoms with van der Waals surface area (Å²) in [7, 11) is 0. The average Bonchev–Trinajstić information content (AvgIpc) is 3.08. The maximum absolute atomic E-state index is 12.5. The second kappa shape index (κ2) is 5.52. The number of aromatic amines is 1. The molecule has 0 bridgehead atoms. The zero-order chi connectivity index (χ0) is 16.6. The summed E-state index contributed by atoms with van der Waals surface area (Å²) >= 11 is 0. The summed E-state index contributed by atoms with van der Waals surface area (Å²) in [5.74, 6) is -0.00718. The van der Waals surface area contributed by atoms with Crippen molar-refractivity contribution in [1.82, 2.24) is 19.5 Å². The molecule has 3 heterocycles. The predicted molar refractivity (Wildman–Crippen MR) is 77.4 cm³/mol. The van der Waals surface area contributed by atoms with Crippen LogP contribution in [-0.2, 0) is 10.5 Å². The number of imidazole rings is 1. The third-order valence-electron chi connectivity index (χ3n) is 3.70. The number of hydrogen-bond acceptors (Lipinski definition) is 8. The average molecular weight is 322 g/mol. The summed E-state index contributed by atoms with van der Waals surface area (Å²) in [6, 6.07) is 0. The highest BCUT2D eigenvalue weighted by atomic mass is 16.5. The second-order valence-electron chi connectivity index (χ2n) is 4.97. The Hall–Kier alpha value is -2.66. The number of aliphatic hydroxyl groups is 2. The minimum atomic E-state index is -2.08. The van der Waals surface area contributed by atoms with Crippen molar-refractivity contribution >= 4 is 17.1 Å². The molecule has 0 saturated carbocycles. The lowest BCUT2D eigenvalue weighted by atomic mass is 10.1. The van der Waals surface area contributed by atoms with Crippen LogP contribution in [0.1, 0.15) is 6.92 Å². The van der Waals surface area contributed by atoms with E-state index in [1.165, 1.54) is 13.3 Å². The molecule has 0 saturated heterocycles. The SMILES string of the molecule is CC(OCCN=[N+]=[N-])C1(O)C(O)Nc2nc3[nH]cnc3c(=O)n21. The summed E-state index contributed by atoms with van der Waals surface area (Å²) in [5, 5.41) is 26.9. The van der Waals surface area contributed by atoms with Crippen molar-refractivity contribution in [2.45, 2.75) is 25.0 Å². The lowest BCUT2D eigenvalue weighted by Gasteiger charge is -2.32. The molecule has 0 amide bonds. The van der Waals surface area contributed by atoms with Gasteiger partial charge in [0.25, 0.3) is 5.56 Å². The van der Waals surface area contributed by atoms with Crippen LogP contribution in [0.4, 0.5) is 5.95 Å². The number of anilines is 1. The molecule has 12 heteroatoms. The normalized spacial score (nSPS) is 24.0. The zero-order valence-corrected chi connectivity index (χ0v) is 12.0. The highest BCUT2D eigenvalue weighted by molar-refractivity contribution is 5.70. The maximum atomic E-state index is 12.5. The summed E-state index contributed by atoms with van der Waals surface area (Å²) in [6.07, 6.45) is -1.19. The van der Waals surface area contributed by atoms with Gasteiger partial charge in [0.1, 0.15) is 6.10 Å². The van der Waals surface area contributed by atoms with Crippen molar-refractivity contribution in [3.05, 3.63) is 27.1 Å². The van der Waals surface area contributed by atoms with Crippen molar-refractivity contribution in [2.75, 3.05) is 18.5 Å². The fourth-order valence-electron chi connectivity index (χ4n) is 2.51. The third-order valence-corrected chi connectivity index (χ3v) is 3.70. The second-order valence-corrected chi connectivity index (χ2v) is 4.97. The van der Waals surface area contributed by atoms with Crippen molar-refractivity contribution < 1.29 is 14.9 Å². The molecule has 0 aliphatic carbocycles. The van der Waals surface area contributed by atoms with Gasteiger partial charge in [-0.15, -0.1) is 0 Å². The summed E-state index contributed by atoms with van der Waals surface area (Å²) < 4.78 is 6.29. The van der Waals surface area contributed by atoms with Gasteiger partial charge < -0.3 is 25.3 Å². The Morgan fingerprint density at radius 2 is 2.48 bits per heavy atom. The van der Waals surface area contributed by atoms with E-state index in [2.05, 4.69) is 30.3 Å². The van der Waals surface area contributed by atoms with Crippen LogP contribution in [0.15, 0.2) is 16.2 Å². The van der Waals surface area contributed by atoms with E-state index >= 15 is 0 Å². The number of azide groups is 1. The molecule has 3 atom stereocenters. The van der Waals surface area contributed by atoms with E-state index in [0.29, 0.717) is 0 Å². The van der Waals surface area contributed by atoms with Gasteiger partial charge in [-0.1, -0.05) is 5.11 Å². The molecule has 4 N–H and O–H groups in total. The van der Waals surface area contributed by atoms with Gasteiger partial charge >= 0.3 is 0 Å². The smallest absolute Gasteiger partial charge is 0.285 e. The third kappa shape index (κ3) is 2.21. The van der Waals surface area contributed by atoms with Gasteiger partial charge in [0.2, 0.25) is 11.7 Å². The summed E-state index contributed by atoms with van der Waals surface area (Å²) in [5.41, 5.74) is 5.79. The Balaban J connectivity index is 2.00. The molecule has 12 nitrogen and oxygen atoms in total. The highest BCUT2D eigenvalue weighted by Gasteiger charge is 2.51. The van der Waals surface area contributed by atoms with Gasteiger partial charge in [-0.2, -0.15) is 4.98 Å². The Kier molecular flexibility index (Phi) is 3.66. The Morgan fingerprint density at radius 3 is 3.22 bits per heavy atom. The van der Waals surface area contributed by atoms with Crippen LogP contribution < -0.4 is 10.9 Å². The summed E-state index contributed by atoms with van der Waals surface area (Å²) in [6.45, 7) is 1.55. The van der Waals surface area contributed by atoms with Crippen molar-refractivity contribution in [2.24, 2.45) is 5.11 Å². The molecular weight excluding hydrogens is 308 g/mol. The van der Waals surface area contributed by atoms with E-state index < -0.39 is 23.6 Å². The Bertz CT molecular complexity index is 840. The number of nitrogens with one attached hydrogen (secondary N) is 2. The van der Waals surface area contributed by atoms with E-state index in [4.69, 9.17) is 10.3 Å². The molecule has 0 radical (unpaired) electrons. The fraction of sp³-hybridized carbons (Fsp3) is 0.545. The van der Waals surface area contributed by atoms with Crippen LogP contribution in [0.25, 0.3) is 21.6 Å². The topological polar surface area (TPSA) is 174 Å². The van der Waals surface area contributed by atoms with Crippen LogP contribution in [0.5, 0.6) is 0 Å². The van der Waals surface area contributed by atoms with Crippen molar-refractivity contribution in [3.8, 4) is 0 Å². The van der Waals surface area contributed by atoms with E-state index in [1.807, 2.05) is 0 Å². The number of aromatic nitrogens is 4. The Morgan fingerprint density at radius 1 is 1.70 bits per heavy atom. The van der Waals surface area contributed by atoms with Crippen LogP contribution in [0, 0.1) is 0 Å². The van der Waals surface area contributed by atoms with Crippen LogP contribution in [0.2, 0.25) is 0 Å². The molecule has 1 aliphatic rings. The first kappa shape index (κ1) is 15.2. The quantitative estimate of drug-likeness (QED) is 0.242. The lowest BCUT2D eigenvalue weighted by Crippen LogP contribution is -2.55. The van der Waals surface area contributed by atoms with Crippen molar-refractivity contribution in [3.63, 3.8) is 0 Å². The van der Waals surface area contributed by atoms with E-state index in [9.17, 15) is 15.0 Å². The molecule has 0 spiro atoms. The zero-order valence-electron chi connectivity index (χ0n) is 12.0. The Labute approximate surface area is 128 Å². The standard InChI is InChI=1S/C11H14N8O4/c1-5(23-3-2-15-18-12)11(22)9(21)17-10-16-7-6(13-4-14-7)8(20)19(10)11/h4-5,9,21-22H,2-3H2,1H3,(H,13,14)(H,16,17). The van der Waals surface area contributed by atoms with Gasteiger partial charge in [0, 0.05) is 11.5 Å². The van der Waals surface area contributed by atoms with Crippen LogP contribution in [-0.4, -0.2) is 55.2 Å². The van der Waals surface area contributed by atoms with Gasteiger partial charge in [-0.25, -0.2) is 9.55 Å². The molecule has 23 heavy (non-hydrogen) atoms. The molecule has 0 fully saturated rings. The molecule has 2 aromatic heterocycles. The predicted octanol–water partition coefficient (Wildman–Crippen LogP) is -0.776. The minimum absolute atomic E-state index is 0.00718. The molecule has 0 aromatic carbocycles. The van der Waals surface area contributed by atoms with E-state index in [1.54, 1.807) is 0 Å². The van der Waals surface area contributed by atoms with E-state index in [-0.39, 0.29) is 30.3 Å². The lowest BCUT2D eigenvalue weighted by molar-refractivity contribution is -0.192. The van der Waals surface area contributed by atoms with Crippen molar-refractivity contribution in [1.29, 1.82) is 0 Å². The number of hydrogen-bond donors (Lipinski definition) is 4. The van der Waals surface area contributed by atoms with Gasteiger partial charge in [0.15, 0.2) is 17.4 Å².